The molecule has 0 saturated carbocycles. The molecule has 0 aliphatic carbocycles. The van der Waals surface area contributed by atoms with Gasteiger partial charge < -0.3 is 23.8 Å². The minimum absolute atomic E-state index is 0.00600. The molecular formula is C30H41N5O4. The van der Waals surface area contributed by atoms with Crippen molar-refractivity contribution in [2.45, 2.75) is 65.6 Å². The molecule has 1 fully saturated rings. The number of rotatable bonds is 11. The summed E-state index contributed by atoms with van der Waals surface area (Å²) in [7, 11) is 5.13. The first-order valence-corrected chi connectivity index (χ1v) is 13.8. The van der Waals surface area contributed by atoms with E-state index in [-0.39, 0.29) is 24.5 Å². The number of hydrogen-bond donors (Lipinski definition) is 0. The lowest BCUT2D eigenvalue weighted by atomic mass is 10.1. The Labute approximate surface area is 231 Å². The summed E-state index contributed by atoms with van der Waals surface area (Å²) in [6.45, 7) is 8.17. The smallest absolute Gasteiger partial charge is 0.325 e. The van der Waals surface area contributed by atoms with Crippen LogP contribution in [0.1, 0.15) is 50.8 Å². The van der Waals surface area contributed by atoms with Gasteiger partial charge in [0.1, 0.15) is 12.2 Å². The highest BCUT2D eigenvalue weighted by molar-refractivity contribution is 5.94. The Kier molecular flexibility index (Phi) is 8.99. The summed E-state index contributed by atoms with van der Waals surface area (Å²) in [6, 6.07) is 9.76. The maximum atomic E-state index is 13.8. The van der Waals surface area contributed by atoms with Crippen LogP contribution in [0.15, 0.2) is 36.5 Å². The van der Waals surface area contributed by atoms with Crippen molar-refractivity contribution >= 4 is 28.7 Å². The maximum Gasteiger partial charge on any atom is 0.325 e. The number of carbonyl (C=O) groups is 2. The molecule has 0 spiro atoms. The number of anilines is 1. The summed E-state index contributed by atoms with van der Waals surface area (Å²) < 4.78 is 13.5. The van der Waals surface area contributed by atoms with Gasteiger partial charge >= 0.3 is 6.03 Å². The third kappa shape index (κ3) is 6.13. The number of pyridine rings is 1. The first-order chi connectivity index (χ1) is 18.7. The molecule has 210 valence electrons. The largest absolute Gasteiger partial charge is 0.493 e. The van der Waals surface area contributed by atoms with Gasteiger partial charge in [0.15, 0.2) is 11.5 Å². The highest BCUT2D eigenvalue weighted by Gasteiger charge is 2.32. The number of amides is 3. The molecule has 0 bridgehead atoms. The van der Waals surface area contributed by atoms with E-state index in [1.807, 2.05) is 45.6 Å². The first kappa shape index (κ1) is 28.3. The van der Waals surface area contributed by atoms with Gasteiger partial charge in [0.05, 0.1) is 13.7 Å². The van der Waals surface area contributed by atoms with E-state index in [0.717, 1.165) is 53.7 Å². The number of carbonyl (C=O) groups excluding carboxylic acids is 2. The van der Waals surface area contributed by atoms with Crippen LogP contribution in [-0.4, -0.2) is 71.7 Å². The van der Waals surface area contributed by atoms with Crippen LogP contribution in [0.3, 0.4) is 0 Å². The zero-order chi connectivity index (χ0) is 28.1. The van der Waals surface area contributed by atoms with Crippen LogP contribution < -0.4 is 14.4 Å². The fourth-order valence-corrected chi connectivity index (χ4v) is 4.98. The standard InChI is InChI=1S/C30H41N5O4/c1-7-8-9-16-39-27-18-24(10-11-26(27)38-6)33-15-13-21(2)35(30(33)37)19-23-12-14-31-29-25(23)17-22(3)34(29)20-28(36)32(4)5/h10-12,14,17-18,21H,7-9,13,15-16,19-20H2,1-6H3/t21-/m0/s1. The van der Waals surface area contributed by atoms with Crippen molar-refractivity contribution < 1.29 is 19.1 Å². The van der Waals surface area contributed by atoms with Gasteiger partial charge in [-0.05, 0) is 56.5 Å². The normalized spacial score (nSPS) is 15.6. The van der Waals surface area contributed by atoms with E-state index in [1.54, 1.807) is 32.3 Å². The predicted molar refractivity (Wildman–Crippen MR) is 154 cm³/mol. The molecule has 3 heterocycles. The number of hydrogen-bond acceptors (Lipinski definition) is 5. The van der Waals surface area contributed by atoms with E-state index in [2.05, 4.69) is 24.9 Å². The number of aryl methyl sites for hydroxylation is 1. The van der Waals surface area contributed by atoms with Crippen molar-refractivity contribution in [3.63, 3.8) is 0 Å². The highest BCUT2D eigenvalue weighted by Crippen LogP contribution is 2.34. The number of methoxy groups -OCH3 is 1. The summed E-state index contributed by atoms with van der Waals surface area (Å²) in [6.07, 6.45) is 5.81. The molecule has 1 atom stereocenters. The molecule has 0 radical (unpaired) electrons. The van der Waals surface area contributed by atoms with Crippen LogP contribution in [0.2, 0.25) is 0 Å². The molecule has 1 saturated heterocycles. The first-order valence-electron chi connectivity index (χ1n) is 13.8. The van der Waals surface area contributed by atoms with Gasteiger partial charge in [-0.25, -0.2) is 9.78 Å². The topological polar surface area (TPSA) is 80.1 Å². The van der Waals surface area contributed by atoms with E-state index in [4.69, 9.17) is 9.47 Å². The average molecular weight is 536 g/mol. The minimum Gasteiger partial charge on any atom is -0.493 e. The van der Waals surface area contributed by atoms with Gasteiger partial charge in [-0.15, -0.1) is 0 Å². The Balaban J connectivity index is 1.58. The van der Waals surface area contributed by atoms with Crippen LogP contribution in [-0.2, 0) is 17.9 Å². The van der Waals surface area contributed by atoms with Gasteiger partial charge in [-0.1, -0.05) is 19.8 Å². The van der Waals surface area contributed by atoms with Crippen molar-refractivity contribution in [1.29, 1.82) is 0 Å². The van der Waals surface area contributed by atoms with E-state index in [0.29, 0.717) is 31.2 Å². The molecule has 3 aromatic rings. The minimum atomic E-state index is -0.0419. The Hall–Kier alpha value is -3.75. The van der Waals surface area contributed by atoms with E-state index in [1.165, 1.54) is 0 Å². The predicted octanol–water partition coefficient (Wildman–Crippen LogP) is 5.23. The number of benzene rings is 1. The van der Waals surface area contributed by atoms with Crippen molar-refractivity contribution in [3.05, 3.63) is 47.8 Å². The highest BCUT2D eigenvalue weighted by atomic mass is 16.5. The molecule has 9 heteroatoms. The fraction of sp³-hybridized carbons (Fsp3) is 0.500. The Morgan fingerprint density at radius 1 is 1.15 bits per heavy atom. The van der Waals surface area contributed by atoms with Crippen LogP contribution in [0.25, 0.3) is 11.0 Å². The maximum absolute atomic E-state index is 13.8. The molecule has 0 N–H and O–H groups in total. The van der Waals surface area contributed by atoms with Crippen molar-refractivity contribution in [1.82, 2.24) is 19.4 Å². The number of urea groups is 1. The quantitative estimate of drug-likeness (QED) is 0.314. The fourth-order valence-electron chi connectivity index (χ4n) is 4.98. The molecule has 1 aliphatic heterocycles. The van der Waals surface area contributed by atoms with Crippen LogP contribution >= 0.6 is 0 Å². The van der Waals surface area contributed by atoms with Crippen LogP contribution in [0.4, 0.5) is 10.5 Å². The second-order valence-electron chi connectivity index (χ2n) is 10.5. The molecule has 2 aromatic heterocycles. The molecule has 0 unspecified atom stereocenters. The van der Waals surface area contributed by atoms with Crippen molar-refractivity contribution in [3.8, 4) is 11.5 Å². The summed E-state index contributed by atoms with van der Waals surface area (Å²) in [4.78, 5) is 36.2. The molecule has 1 aromatic carbocycles. The van der Waals surface area contributed by atoms with Crippen molar-refractivity contribution in [2.24, 2.45) is 0 Å². The third-order valence-corrected chi connectivity index (χ3v) is 7.47. The molecule has 39 heavy (non-hydrogen) atoms. The van der Waals surface area contributed by atoms with Gasteiger partial charge in [0, 0.05) is 62.3 Å². The summed E-state index contributed by atoms with van der Waals surface area (Å²) in [5.41, 5.74) is 3.53. The van der Waals surface area contributed by atoms with E-state index < -0.39 is 0 Å². The number of nitrogens with zero attached hydrogens (tertiary/aromatic N) is 5. The Bertz CT molecular complexity index is 1320. The SMILES string of the molecule is CCCCCOc1cc(N2CC[C@H](C)N(Cc3ccnc4c3cc(C)n4CC(=O)N(C)C)C2=O)ccc1OC. The Morgan fingerprint density at radius 3 is 2.67 bits per heavy atom. The lowest BCUT2D eigenvalue weighted by Crippen LogP contribution is -2.53. The number of fused-ring (bicyclic) bond motifs is 1. The van der Waals surface area contributed by atoms with Crippen molar-refractivity contribution in [2.75, 3.05) is 39.3 Å². The van der Waals surface area contributed by atoms with Gasteiger partial charge in [-0.3, -0.25) is 9.69 Å². The average Bonchev–Trinajstić information content (AvgIpc) is 3.24. The number of likely N-dealkylation sites (N-methyl/N-ethyl adjacent to an activating group) is 1. The lowest BCUT2D eigenvalue weighted by molar-refractivity contribution is -0.129. The molecule has 3 amide bonds. The molecular weight excluding hydrogens is 494 g/mol. The second-order valence-corrected chi connectivity index (χ2v) is 10.5. The summed E-state index contributed by atoms with van der Waals surface area (Å²) in [5.74, 6) is 1.33. The lowest BCUT2D eigenvalue weighted by Gasteiger charge is -2.40. The van der Waals surface area contributed by atoms with Crippen LogP contribution in [0, 0.1) is 6.92 Å². The van der Waals surface area contributed by atoms with Gasteiger partial charge in [-0.2, -0.15) is 0 Å². The molecule has 4 rings (SSSR count). The zero-order valence-electron chi connectivity index (χ0n) is 24.1. The Morgan fingerprint density at radius 2 is 1.95 bits per heavy atom. The molecule has 1 aliphatic rings. The van der Waals surface area contributed by atoms with E-state index >= 15 is 0 Å². The van der Waals surface area contributed by atoms with E-state index in [9.17, 15) is 9.59 Å². The third-order valence-electron chi connectivity index (χ3n) is 7.47. The molecule has 9 nitrogen and oxygen atoms in total. The van der Waals surface area contributed by atoms with Gasteiger partial charge in [0.25, 0.3) is 0 Å². The van der Waals surface area contributed by atoms with Gasteiger partial charge in [0.2, 0.25) is 5.91 Å². The summed E-state index contributed by atoms with van der Waals surface area (Å²) >= 11 is 0. The second kappa shape index (κ2) is 12.4. The monoisotopic (exact) mass is 535 g/mol. The number of aromatic nitrogens is 2. The number of unbranched alkanes of at least 4 members (excludes halogenated alkanes) is 2. The van der Waals surface area contributed by atoms with Crippen LogP contribution in [0.5, 0.6) is 11.5 Å². The zero-order valence-corrected chi connectivity index (χ0v) is 24.1. The summed E-state index contributed by atoms with van der Waals surface area (Å²) in [5, 5.41) is 0.964. The number of ether oxygens (including phenoxy) is 2.